The quantitative estimate of drug-likeness (QED) is 0.836. The fraction of sp³-hybridized carbons (Fsp3) is 0.235. The number of carbonyl (C=O) groups is 1. The summed E-state index contributed by atoms with van der Waals surface area (Å²) in [7, 11) is -4.15. The van der Waals surface area contributed by atoms with Crippen LogP contribution in [0.1, 0.15) is 10.4 Å². The van der Waals surface area contributed by atoms with Gasteiger partial charge in [-0.2, -0.15) is 4.31 Å². The van der Waals surface area contributed by atoms with E-state index in [4.69, 9.17) is 0 Å². The lowest BCUT2D eigenvalue weighted by molar-refractivity contribution is 0.0697. The first-order valence-electron chi connectivity index (χ1n) is 7.69. The Morgan fingerprint density at radius 3 is 2.20 bits per heavy atom. The highest BCUT2D eigenvalue weighted by molar-refractivity contribution is 7.89. The molecule has 1 saturated heterocycles. The summed E-state index contributed by atoms with van der Waals surface area (Å²) in [6, 6.07) is 11.0. The van der Waals surface area contributed by atoms with Crippen LogP contribution in [0, 0.1) is 11.6 Å². The largest absolute Gasteiger partial charge is 0.336 e. The van der Waals surface area contributed by atoms with E-state index in [9.17, 15) is 22.0 Å². The van der Waals surface area contributed by atoms with E-state index in [0.29, 0.717) is 11.6 Å². The van der Waals surface area contributed by atoms with Crippen molar-refractivity contribution in [1.29, 1.82) is 0 Å². The third-order valence-corrected chi connectivity index (χ3v) is 5.97. The maximum absolute atomic E-state index is 13.8. The second-order valence-corrected chi connectivity index (χ2v) is 7.54. The Hall–Kier alpha value is -2.32. The average Bonchev–Trinajstić information content (AvgIpc) is 2.64. The summed E-state index contributed by atoms with van der Waals surface area (Å²) in [4.78, 5) is 13.2. The second-order valence-electron chi connectivity index (χ2n) is 5.64. The number of nitrogens with zero attached hydrogens (tertiary/aromatic N) is 2. The van der Waals surface area contributed by atoms with Crippen molar-refractivity contribution < 1.29 is 22.0 Å². The Morgan fingerprint density at radius 1 is 0.920 bits per heavy atom. The first-order chi connectivity index (χ1) is 11.9. The van der Waals surface area contributed by atoms with Crippen molar-refractivity contribution in [1.82, 2.24) is 9.21 Å². The first-order valence-corrected chi connectivity index (χ1v) is 9.13. The summed E-state index contributed by atoms with van der Waals surface area (Å²) >= 11 is 0. The summed E-state index contributed by atoms with van der Waals surface area (Å²) in [5.41, 5.74) is 0.523. The summed E-state index contributed by atoms with van der Waals surface area (Å²) < 4.78 is 53.2. The monoisotopic (exact) mass is 366 g/mol. The van der Waals surface area contributed by atoms with Crippen LogP contribution in [0.3, 0.4) is 0 Å². The minimum atomic E-state index is -4.15. The number of carbonyl (C=O) groups excluding carboxylic acids is 1. The van der Waals surface area contributed by atoms with Gasteiger partial charge in [-0.3, -0.25) is 4.79 Å². The predicted octanol–water partition coefficient (Wildman–Crippen LogP) is 2.11. The van der Waals surface area contributed by atoms with Gasteiger partial charge in [0.1, 0.15) is 16.5 Å². The van der Waals surface area contributed by atoms with Crippen LogP contribution in [0.15, 0.2) is 53.4 Å². The Labute approximate surface area is 144 Å². The highest BCUT2D eigenvalue weighted by Crippen LogP contribution is 2.22. The minimum absolute atomic E-state index is 0.0247. The highest BCUT2D eigenvalue weighted by Gasteiger charge is 2.32. The molecule has 1 amide bonds. The van der Waals surface area contributed by atoms with E-state index in [-0.39, 0.29) is 32.1 Å². The van der Waals surface area contributed by atoms with E-state index in [2.05, 4.69) is 0 Å². The maximum Gasteiger partial charge on any atom is 0.253 e. The molecule has 0 aromatic heterocycles. The molecule has 8 heteroatoms. The summed E-state index contributed by atoms with van der Waals surface area (Å²) in [6.07, 6.45) is 0. The molecule has 3 rings (SSSR count). The second kappa shape index (κ2) is 6.89. The molecule has 0 bridgehead atoms. The van der Waals surface area contributed by atoms with Gasteiger partial charge in [0.05, 0.1) is 0 Å². The number of sulfonamides is 1. The molecule has 1 fully saturated rings. The van der Waals surface area contributed by atoms with E-state index >= 15 is 0 Å². The van der Waals surface area contributed by atoms with Crippen LogP contribution >= 0.6 is 0 Å². The minimum Gasteiger partial charge on any atom is -0.336 e. The van der Waals surface area contributed by atoms with Gasteiger partial charge in [-0.05, 0) is 30.3 Å². The predicted molar refractivity (Wildman–Crippen MR) is 87.5 cm³/mol. The van der Waals surface area contributed by atoms with Crippen LogP contribution in [-0.2, 0) is 10.0 Å². The fourth-order valence-electron chi connectivity index (χ4n) is 2.71. The van der Waals surface area contributed by atoms with Crippen molar-refractivity contribution >= 4 is 15.9 Å². The molecule has 0 aliphatic carbocycles. The Bertz CT molecular complexity index is 880. The molecule has 0 N–H and O–H groups in total. The molecular formula is C17H16F2N2O3S. The van der Waals surface area contributed by atoms with Gasteiger partial charge in [0.15, 0.2) is 0 Å². The van der Waals surface area contributed by atoms with E-state index in [1.54, 1.807) is 35.2 Å². The van der Waals surface area contributed by atoms with Gasteiger partial charge >= 0.3 is 0 Å². The molecule has 2 aromatic carbocycles. The van der Waals surface area contributed by atoms with Crippen LogP contribution < -0.4 is 0 Å². The van der Waals surface area contributed by atoms with Gasteiger partial charge in [-0.15, -0.1) is 0 Å². The van der Waals surface area contributed by atoms with Crippen LogP contribution in [0.5, 0.6) is 0 Å². The van der Waals surface area contributed by atoms with Crippen LogP contribution in [0.25, 0.3) is 0 Å². The molecular weight excluding hydrogens is 350 g/mol. The van der Waals surface area contributed by atoms with Crippen LogP contribution in [0.2, 0.25) is 0 Å². The molecule has 0 radical (unpaired) electrons. The van der Waals surface area contributed by atoms with Crippen molar-refractivity contribution in [3.05, 3.63) is 65.7 Å². The van der Waals surface area contributed by atoms with E-state index in [1.807, 2.05) is 0 Å². The zero-order valence-corrected chi connectivity index (χ0v) is 14.0. The van der Waals surface area contributed by atoms with Crippen molar-refractivity contribution in [2.24, 2.45) is 0 Å². The number of amides is 1. The van der Waals surface area contributed by atoms with Crippen LogP contribution in [0.4, 0.5) is 8.78 Å². The lowest BCUT2D eigenvalue weighted by Crippen LogP contribution is -2.50. The SMILES string of the molecule is O=C(c1ccccc1)N1CCN(S(=O)(=O)c2cc(F)ccc2F)CC1. The van der Waals surface area contributed by atoms with Gasteiger partial charge in [0.2, 0.25) is 10.0 Å². The molecule has 132 valence electrons. The van der Waals surface area contributed by atoms with E-state index in [1.165, 1.54) is 0 Å². The highest BCUT2D eigenvalue weighted by atomic mass is 32.2. The standard InChI is InChI=1S/C17H16F2N2O3S/c18-14-6-7-15(19)16(12-14)25(23,24)21-10-8-20(9-11-21)17(22)13-4-2-1-3-5-13/h1-7,12H,8-11H2. The topological polar surface area (TPSA) is 57.7 Å². The normalized spacial score (nSPS) is 16.0. The third-order valence-electron chi connectivity index (χ3n) is 4.06. The van der Waals surface area contributed by atoms with Crippen LogP contribution in [-0.4, -0.2) is 49.7 Å². The van der Waals surface area contributed by atoms with E-state index in [0.717, 1.165) is 16.4 Å². The molecule has 0 atom stereocenters. The Kier molecular flexibility index (Phi) is 4.82. The summed E-state index contributed by atoms with van der Waals surface area (Å²) in [5.74, 6) is -2.00. The maximum atomic E-state index is 13.8. The number of hydrogen-bond acceptors (Lipinski definition) is 3. The van der Waals surface area contributed by atoms with Crippen molar-refractivity contribution in [2.75, 3.05) is 26.2 Å². The van der Waals surface area contributed by atoms with Crippen molar-refractivity contribution in [3.63, 3.8) is 0 Å². The first kappa shape index (κ1) is 17.5. The number of hydrogen-bond donors (Lipinski definition) is 0. The molecule has 25 heavy (non-hydrogen) atoms. The van der Waals surface area contributed by atoms with Gasteiger partial charge in [-0.1, -0.05) is 18.2 Å². The average molecular weight is 366 g/mol. The van der Waals surface area contributed by atoms with Crippen molar-refractivity contribution in [3.8, 4) is 0 Å². The molecule has 2 aromatic rings. The molecule has 1 heterocycles. The number of piperazine rings is 1. The molecule has 0 unspecified atom stereocenters. The fourth-order valence-corrected chi connectivity index (χ4v) is 4.21. The lowest BCUT2D eigenvalue weighted by Gasteiger charge is -2.34. The molecule has 5 nitrogen and oxygen atoms in total. The summed E-state index contributed by atoms with van der Waals surface area (Å²) in [5, 5.41) is 0. The van der Waals surface area contributed by atoms with E-state index < -0.39 is 26.6 Å². The lowest BCUT2D eigenvalue weighted by atomic mass is 10.2. The van der Waals surface area contributed by atoms with Gasteiger partial charge < -0.3 is 4.90 Å². The number of benzene rings is 2. The third kappa shape index (κ3) is 3.54. The smallest absolute Gasteiger partial charge is 0.253 e. The van der Waals surface area contributed by atoms with Gasteiger partial charge in [-0.25, -0.2) is 17.2 Å². The van der Waals surface area contributed by atoms with Gasteiger partial charge in [0.25, 0.3) is 5.91 Å². The molecule has 0 spiro atoms. The molecule has 1 aliphatic rings. The Morgan fingerprint density at radius 2 is 1.56 bits per heavy atom. The zero-order chi connectivity index (χ0) is 18.0. The molecule has 0 saturated carbocycles. The Balaban J connectivity index is 1.73. The number of rotatable bonds is 3. The summed E-state index contributed by atoms with van der Waals surface area (Å²) in [6.45, 7) is 0.418. The van der Waals surface area contributed by atoms with Gasteiger partial charge in [0, 0.05) is 31.7 Å². The van der Waals surface area contributed by atoms with Crippen molar-refractivity contribution in [2.45, 2.75) is 4.90 Å². The zero-order valence-electron chi connectivity index (χ0n) is 13.2. The number of halogens is 2. The molecule has 1 aliphatic heterocycles.